The van der Waals surface area contributed by atoms with Crippen molar-refractivity contribution in [2.24, 2.45) is 17.3 Å². The molecule has 0 spiro atoms. The molecule has 1 N–H and O–H groups in total. The van der Waals surface area contributed by atoms with Gasteiger partial charge < -0.3 is 9.95 Å². The van der Waals surface area contributed by atoms with Crippen LogP contribution >= 0.6 is 0 Å². The molecule has 1 aromatic heterocycles. The van der Waals surface area contributed by atoms with Gasteiger partial charge in [0, 0.05) is 67.5 Å². The molecule has 5 aromatic rings. The number of aliphatic hydroxyl groups excluding tert-OH is 1. The first-order valence-electron chi connectivity index (χ1n) is 19.7. The Morgan fingerprint density at radius 3 is 2.07 bits per heavy atom. The summed E-state index contributed by atoms with van der Waals surface area (Å²) in [6.07, 6.45) is 10.5. The molecule has 0 unspecified atom stereocenters. The summed E-state index contributed by atoms with van der Waals surface area (Å²) in [5.41, 5.74) is 5.08. The van der Waals surface area contributed by atoms with E-state index in [1.165, 1.54) is 17.0 Å². The molecule has 4 aromatic carbocycles. The van der Waals surface area contributed by atoms with Crippen molar-refractivity contribution in [1.82, 2.24) is 9.97 Å². The second kappa shape index (κ2) is 17.7. The Kier molecular flexibility index (Phi) is 14.0. The van der Waals surface area contributed by atoms with Gasteiger partial charge in [-0.25, -0.2) is 11.6 Å². The van der Waals surface area contributed by atoms with E-state index in [1.54, 1.807) is 6.33 Å². The van der Waals surface area contributed by atoms with Crippen LogP contribution in [0, 0.1) is 29.9 Å². The first kappa shape index (κ1) is 42.8. The molecule has 0 atom stereocenters. The average Bonchev–Trinajstić information content (AvgIpc) is 3.15. The van der Waals surface area contributed by atoms with Gasteiger partial charge in [-0.15, -0.1) is 29.1 Å². The third kappa shape index (κ3) is 8.96. The van der Waals surface area contributed by atoms with Gasteiger partial charge in [-0.3, -0.25) is 9.78 Å². The van der Waals surface area contributed by atoms with Crippen molar-refractivity contribution in [3.8, 4) is 11.3 Å². The monoisotopic (exact) mass is 901 g/mol. The van der Waals surface area contributed by atoms with Gasteiger partial charge in [0.25, 0.3) is 5.54 Å². The smallest absolute Gasteiger partial charge is 0.258 e. The summed E-state index contributed by atoms with van der Waals surface area (Å²) in [6.45, 7) is 27.7. The normalized spacial score (nSPS) is 15.5. The van der Waals surface area contributed by atoms with Gasteiger partial charge in [0.05, 0.1) is 11.3 Å². The Morgan fingerprint density at radius 2 is 1.46 bits per heavy atom. The summed E-state index contributed by atoms with van der Waals surface area (Å²) in [7, 11) is 0. The van der Waals surface area contributed by atoms with Crippen molar-refractivity contribution in [1.29, 1.82) is 0 Å². The molecular weight excluding hydrogens is 843 g/mol. The number of carbonyl (C=O) groups is 1. The second-order valence-electron chi connectivity index (χ2n) is 16.8. The topological polar surface area (TPSA) is 67.4 Å². The Morgan fingerprint density at radius 1 is 0.852 bits per heavy atom. The molecule has 1 heterocycles. The van der Waals surface area contributed by atoms with Crippen LogP contribution in [0.4, 0.5) is 0 Å². The maximum atomic E-state index is 11.7. The molecule has 0 saturated heterocycles. The quantitative estimate of drug-likeness (QED) is 0.0693. The molecule has 287 valence electrons. The third-order valence-corrected chi connectivity index (χ3v) is 11.7. The summed E-state index contributed by atoms with van der Waals surface area (Å²) in [4.78, 5) is 25.6. The van der Waals surface area contributed by atoms with Crippen LogP contribution < -0.4 is 0 Å². The molecule has 6 rings (SSSR count). The van der Waals surface area contributed by atoms with E-state index in [2.05, 4.69) is 106 Å². The van der Waals surface area contributed by atoms with Crippen LogP contribution in [0.5, 0.6) is 0 Å². The minimum atomic E-state index is -0.466. The number of allylic oxidation sites excluding steroid dienone is 2. The van der Waals surface area contributed by atoms with Gasteiger partial charge in [0.1, 0.15) is 6.33 Å². The molecule has 1 aliphatic carbocycles. The first-order valence-corrected chi connectivity index (χ1v) is 19.7. The molecule has 54 heavy (non-hydrogen) atoms. The molecule has 1 aliphatic rings. The van der Waals surface area contributed by atoms with Crippen LogP contribution in [0.1, 0.15) is 125 Å². The SMILES string of the molecule is CCC(CC)C(=O)/C=C(\O)C(CC)CC.[C-]#[N+]C1(c2cccc3c2ccc2c(-c4[c-]c5ccccc5c(C(C)(C)C)c4)ncnc23)CCC(C)(C)CC1.[Ir]. The summed E-state index contributed by atoms with van der Waals surface area (Å²) >= 11 is 0. The molecule has 1 radical (unpaired) electrons. The van der Waals surface area contributed by atoms with E-state index in [0.29, 0.717) is 5.41 Å². The van der Waals surface area contributed by atoms with Crippen LogP contribution in [-0.2, 0) is 35.9 Å². The van der Waals surface area contributed by atoms with Crippen molar-refractivity contribution < 1.29 is 30.0 Å². The number of aliphatic hydroxyl groups is 1. The fourth-order valence-electron chi connectivity index (χ4n) is 8.05. The first-order chi connectivity index (χ1) is 25.2. The van der Waals surface area contributed by atoms with Crippen LogP contribution in [-0.4, -0.2) is 20.9 Å². The summed E-state index contributed by atoms with van der Waals surface area (Å²) in [6, 6.07) is 25.1. The Bertz CT molecular complexity index is 2150. The van der Waals surface area contributed by atoms with Gasteiger partial charge >= 0.3 is 0 Å². The van der Waals surface area contributed by atoms with E-state index in [4.69, 9.17) is 16.5 Å². The molecule has 0 bridgehead atoms. The standard InChI is InChI=1S/C35H34N3.C13H24O2.Ir/c1-33(2,3)30-21-24(20-23-10-7-8-11-25(23)30)31-28-15-14-26-27(32(28)38-22-37-31)12-9-13-29(26)35(36-6)18-16-34(4,5)17-19-35;1-5-10(6-2)12(14)9-13(15)11(7-3)8-4;/h7-15,21-22H,16-19H2,1-5H3;9-11,14H,5-8H2,1-4H3;/q-1;;/b;12-9-;. The van der Waals surface area contributed by atoms with E-state index < -0.39 is 5.54 Å². The number of rotatable bonds is 9. The van der Waals surface area contributed by atoms with Crippen LogP contribution in [0.15, 0.2) is 78.8 Å². The fraction of sp³-hybridized carbons (Fsp3) is 0.458. The zero-order chi connectivity index (χ0) is 38.6. The molecule has 0 amide bonds. The summed E-state index contributed by atoms with van der Waals surface area (Å²) < 4.78 is 0. The molecule has 5 nitrogen and oxygen atoms in total. The number of ketones is 1. The van der Waals surface area contributed by atoms with Crippen molar-refractivity contribution >= 4 is 38.2 Å². The maximum Gasteiger partial charge on any atom is 0.258 e. The molecule has 0 aliphatic heterocycles. The third-order valence-electron chi connectivity index (χ3n) is 11.7. The number of hydrogen-bond acceptors (Lipinski definition) is 4. The zero-order valence-corrected chi connectivity index (χ0v) is 36.2. The number of nitrogens with zero attached hydrogens (tertiary/aromatic N) is 3. The van der Waals surface area contributed by atoms with E-state index >= 15 is 0 Å². The summed E-state index contributed by atoms with van der Waals surface area (Å²) in [5, 5.41) is 15.3. The van der Waals surface area contributed by atoms with Crippen LogP contribution in [0.25, 0.3) is 48.6 Å². The Hall–Kier alpha value is -3.91. The van der Waals surface area contributed by atoms with Gasteiger partial charge in [-0.05, 0) is 60.1 Å². The molecule has 1 saturated carbocycles. The predicted molar refractivity (Wildman–Crippen MR) is 222 cm³/mol. The van der Waals surface area contributed by atoms with E-state index in [1.807, 2.05) is 27.7 Å². The predicted octanol–water partition coefficient (Wildman–Crippen LogP) is 13.3. The number of carbonyl (C=O) groups excluding carboxylic acids is 1. The Labute approximate surface area is 337 Å². The second-order valence-corrected chi connectivity index (χ2v) is 16.8. The minimum Gasteiger partial charge on any atom is -0.512 e. The average molecular weight is 901 g/mol. The van der Waals surface area contributed by atoms with Crippen molar-refractivity contribution in [2.45, 2.75) is 125 Å². The largest absolute Gasteiger partial charge is 0.512 e. The van der Waals surface area contributed by atoms with Crippen LogP contribution in [0.3, 0.4) is 0 Å². The van der Waals surface area contributed by atoms with Crippen molar-refractivity contribution in [3.05, 3.63) is 107 Å². The molecular formula is C48H58IrN3O2-. The van der Waals surface area contributed by atoms with Gasteiger partial charge in [0.2, 0.25) is 0 Å². The van der Waals surface area contributed by atoms with Gasteiger partial charge in [-0.2, -0.15) is 0 Å². The van der Waals surface area contributed by atoms with Gasteiger partial charge in [-0.1, -0.05) is 122 Å². The number of benzene rings is 4. The van der Waals surface area contributed by atoms with E-state index in [9.17, 15) is 9.90 Å². The number of hydrogen-bond donors (Lipinski definition) is 1. The fourth-order valence-corrected chi connectivity index (χ4v) is 8.05. The minimum absolute atomic E-state index is 0. The number of aromatic nitrogens is 2. The van der Waals surface area contributed by atoms with E-state index in [-0.39, 0.29) is 48.9 Å². The maximum absolute atomic E-state index is 11.7. The van der Waals surface area contributed by atoms with E-state index in [0.717, 1.165) is 95.2 Å². The number of fused-ring (bicyclic) bond motifs is 4. The zero-order valence-electron chi connectivity index (χ0n) is 33.8. The molecule has 6 heteroatoms. The van der Waals surface area contributed by atoms with Gasteiger partial charge in [0.15, 0.2) is 5.78 Å². The van der Waals surface area contributed by atoms with Crippen molar-refractivity contribution in [2.75, 3.05) is 0 Å². The van der Waals surface area contributed by atoms with Crippen LogP contribution in [0.2, 0.25) is 0 Å². The summed E-state index contributed by atoms with van der Waals surface area (Å²) in [5.74, 6) is 0.547. The Balaban J connectivity index is 0.000000347. The van der Waals surface area contributed by atoms with Crippen molar-refractivity contribution in [3.63, 3.8) is 0 Å². The molecule has 1 fully saturated rings.